The Morgan fingerprint density at radius 3 is 2.34 bits per heavy atom. The Morgan fingerprint density at radius 2 is 1.72 bits per heavy atom. The third kappa shape index (κ3) is 4.14. The Morgan fingerprint density at radius 1 is 1.03 bits per heavy atom. The van der Waals surface area contributed by atoms with Crippen LogP contribution in [0.1, 0.15) is 11.1 Å². The van der Waals surface area contributed by atoms with E-state index in [0.717, 1.165) is 26.2 Å². The maximum absolute atomic E-state index is 13.3. The van der Waals surface area contributed by atoms with Gasteiger partial charge in [0.2, 0.25) is 26.6 Å². The van der Waals surface area contributed by atoms with Crippen LogP contribution in [-0.2, 0) is 9.84 Å². The summed E-state index contributed by atoms with van der Waals surface area (Å²) in [5, 5.41) is 4.86. The number of benzene rings is 2. The van der Waals surface area contributed by atoms with Gasteiger partial charge in [0, 0.05) is 10.2 Å². The van der Waals surface area contributed by atoms with Crippen LogP contribution in [0.4, 0.5) is 11.6 Å². The molecular weight excluding hydrogens is 472 g/mol. The summed E-state index contributed by atoms with van der Waals surface area (Å²) >= 11 is 4.76. The lowest BCUT2D eigenvalue weighted by Crippen LogP contribution is -2.05. The molecule has 0 amide bonds. The van der Waals surface area contributed by atoms with Crippen molar-refractivity contribution < 1.29 is 12.8 Å². The minimum Gasteiger partial charge on any atom is -0.418 e. The number of rotatable bonds is 5. The number of halogens is 1. The van der Waals surface area contributed by atoms with Crippen molar-refractivity contribution in [2.24, 2.45) is 0 Å². The van der Waals surface area contributed by atoms with Crippen LogP contribution in [0, 0.1) is 13.8 Å². The summed E-state index contributed by atoms with van der Waals surface area (Å²) in [5.41, 5.74) is 2.86. The van der Waals surface area contributed by atoms with Crippen molar-refractivity contribution in [1.29, 1.82) is 0 Å². The molecule has 0 saturated heterocycles. The summed E-state index contributed by atoms with van der Waals surface area (Å²) < 4.78 is 33.3. The normalized spacial score (nSPS) is 11.6. The van der Waals surface area contributed by atoms with Crippen LogP contribution < -0.4 is 5.32 Å². The standard InChI is InChI=1S/C21H17BrN2O3S2/c1-13-10-14(2)12-16(11-13)23-20-21(24-19(27-20)18-4-3-9-28-18)29(25,26)17-7-5-15(22)6-8-17/h3-12,23H,1-2H3. The molecule has 0 aliphatic rings. The van der Waals surface area contributed by atoms with E-state index in [4.69, 9.17) is 4.42 Å². The highest BCUT2D eigenvalue weighted by Gasteiger charge is 2.29. The first-order chi connectivity index (χ1) is 13.8. The summed E-state index contributed by atoms with van der Waals surface area (Å²) in [5.74, 6) is 0.365. The molecule has 0 spiro atoms. The number of sulfone groups is 1. The first-order valence-electron chi connectivity index (χ1n) is 8.73. The van der Waals surface area contributed by atoms with E-state index < -0.39 is 9.84 Å². The van der Waals surface area contributed by atoms with Crippen molar-refractivity contribution in [3.63, 3.8) is 0 Å². The summed E-state index contributed by atoms with van der Waals surface area (Å²) in [6, 6.07) is 16.1. The molecule has 0 atom stereocenters. The largest absolute Gasteiger partial charge is 0.418 e. The second-order valence-corrected chi connectivity index (χ2v) is 10.3. The van der Waals surface area contributed by atoms with Crippen LogP contribution in [0.25, 0.3) is 10.8 Å². The van der Waals surface area contributed by atoms with Crippen molar-refractivity contribution in [3.05, 3.63) is 75.6 Å². The SMILES string of the molecule is Cc1cc(C)cc(Nc2oc(-c3cccs3)nc2S(=O)(=O)c2ccc(Br)cc2)c1. The second-order valence-electron chi connectivity index (χ2n) is 6.59. The fourth-order valence-corrected chi connectivity index (χ4v) is 5.15. The lowest BCUT2D eigenvalue weighted by Gasteiger charge is -2.08. The predicted octanol–water partition coefficient (Wildman–Crippen LogP) is 6.36. The molecule has 29 heavy (non-hydrogen) atoms. The Balaban J connectivity index is 1.84. The zero-order chi connectivity index (χ0) is 20.6. The molecule has 148 valence electrons. The number of aromatic nitrogens is 1. The quantitative estimate of drug-likeness (QED) is 0.353. The van der Waals surface area contributed by atoms with E-state index >= 15 is 0 Å². The molecular formula is C21H17BrN2O3S2. The van der Waals surface area contributed by atoms with Gasteiger partial charge in [0.05, 0.1) is 9.77 Å². The molecule has 4 aromatic rings. The molecule has 1 N–H and O–H groups in total. The van der Waals surface area contributed by atoms with Crippen LogP contribution in [0.5, 0.6) is 0 Å². The zero-order valence-corrected chi connectivity index (χ0v) is 18.9. The topological polar surface area (TPSA) is 72.2 Å². The number of aryl methyl sites for hydroxylation is 2. The Hall–Kier alpha value is -2.42. The van der Waals surface area contributed by atoms with Crippen LogP contribution >= 0.6 is 27.3 Å². The molecule has 0 fully saturated rings. The van der Waals surface area contributed by atoms with Crippen LogP contribution in [-0.4, -0.2) is 13.4 Å². The summed E-state index contributed by atoms with van der Waals surface area (Å²) in [7, 11) is -3.88. The van der Waals surface area contributed by atoms with E-state index in [1.165, 1.54) is 11.3 Å². The van der Waals surface area contributed by atoms with Gasteiger partial charge in [0.1, 0.15) is 0 Å². The average molecular weight is 489 g/mol. The number of anilines is 2. The third-order valence-electron chi connectivity index (χ3n) is 4.19. The molecule has 4 rings (SSSR count). The Bertz CT molecular complexity index is 1240. The minimum absolute atomic E-state index is 0.0984. The summed E-state index contributed by atoms with van der Waals surface area (Å²) in [6.45, 7) is 3.96. The molecule has 0 aliphatic carbocycles. The van der Waals surface area contributed by atoms with Crippen molar-refractivity contribution in [2.45, 2.75) is 23.8 Å². The van der Waals surface area contributed by atoms with Gasteiger partial charge in [-0.05, 0) is 72.8 Å². The highest BCUT2D eigenvalue weighted by molar-refractivity contribution is 9.10. The van der Waals surface area contributed by atoms with E-state index in [0.29, 0.717) is 0 Å². The molecule has 2 aromatic carbocycles. The number of thiophene rings is 1. The summed E-state index contributed by atoms with van der Waals surface area (Å²) in [4.78, 5) is 5.25. The van der Waals surface area contributed by atoms with Gasteiger partial charge in [0.25, 0.3) is 0 Å². The third-order valence-corrected chi connectivity index (χ3v) is 7.25. The van der Waals surface area contributed by atoms with Crippen molar-refractivity contribution >= 4 is 48.7 Å². The molecule has 2 aromatic heterocycles. The van der Waals surface area contributed by atoms with Crippen LogP contribution in [0.3, 0.4) is 0 Å². The van der Waals surface area contributed by atoms with Gasteiger partial charge in [-0.25, -0.2) is 8.42 Å². The maximum Gasteiger partial charge on any atom is 0.240 e. The van der Waals surface area contributed by atoms with Gasteiger partial charge >= 0.3 is 0 Å². The van der Waals surface area contributed by atoms with Crippen molar-refractivity contribution in [3.8, 4) is 10.8 Å². The number of oxazole rings is 1. The molecule has 2 heterocycles. The average Bonchev–Trinajstić information content (AvgIpc) is 3.31. The number of hydrogen-bond donors (Lipinski definition) is 1. The fourth-order valence-electron chi connectivity index (χ4n) is 2.98. The van der Waals surface area contributed by atoms with E-state index in [1.54, 1.807) is 24.3 Å². The highest BCUT2D eigenvalue weighted by Crippen LogP contribution is 2.36. The molecule has 8 heteroatoms. The van der Waals surface area contributed by atoms with E-state index in [9.17, 15) is 8.42 Å². The lowest BCUT2D eigenvalue weighted by molar-refractivity contribution is 0.582. The highest BCUT2D eigenvalue weighted by atomic mass is 79.9. The molecule has 0 unspecified atom stereocenters. The first kappa shape index (κ1) is 19.9. The number of hydrogen-bond acceptors (Lipinski definition) is 6. The van der Waals surface area contributed by atoms with E-state index in [-0.39, 0.29) is 21.7 Å². The van der Waals surface area contributed by atoms with Gasteiger partial charge < -0.3 is 9.73 Å². The molecule has 5 nitrogen and oxygen atoms in total. The summed E-state index contributed by atoms with van der Waals surface area (Å²) in [6.07, 6.45) is 0. The van der Waals surface area contributed by atoms with Gasteiger partial charge in [-0.3, -0.25) is 0 Å². The van der Waals surface area contributed by atoms with Gasteiger partial charge in [-0.1, -0.05) is 28.1 Å². The predicted molar refractivity (Wildman–Crippen MR) is 119 cm³/mol. The Kier molecular flexibility index (Phi) is 5.33. The van der Waals surface area contributed by atoms with E-state index in [1.807, 2.05) is 49.6 Å². The lowest BCUT2D eigenvalue weighted by atomic mass is 10.1. The Labute approximate surface area is 181 Å². The van der Waals surface area contributed by atoms with Crippen LogP contribution in [0.2, 0.25) is 0 Å². The maximum atomic E-state index is 13.3. The van der Waals surface area contributed by atoms with E-state index in [2.05, 4.69) is 26.2 Å². The molecule has 0 saturated carbocycles. The molecule has 0 radical (unpaired) electrons. The molecule has 0 bridgehead atoms. The van der Waals surface area contributed by atoms with Gasteiger partial charge in [0.15, 0.2) is 0 Å². The smallest absolute Gasteiger partial charge is 0.240 e. The fraction of sp³-hybridized carbons (Fsp3) is 0.0952. The van der Waals surface area contributed by atoms with Gasteiger partial charge in [-0.15, -0.1) is 11.3 Å². The minimum atomic E-state index is -3.88. The monoisotopic (exact) mass is 488 g/mol. The number of nitrogens with zero attached hydrogens (tertiary/aromatic N) is 1. The second kappa shape index (κ2) is 7.78. The van der Waals surface area contributed by atoms with Crippen molar-refractivity contribution in [2.75, 3.05) is 5.32 Å². The molecule has 0 aliphatic heterocycles. The van der Waals surface area contributed by atoms with Gasteiger partial charge in [-0.2, -0.15) is 4.98 Å². The van der Waals surface area contributed by atoms with Crippen molar-refractivity contribution in [1.82, 2.24) is 4.98 Å². The first-order valence-corrected chi connectivity index (χ1v) is 11.9. The number of nitrogens with one attached hydrogen (secondary N) is 1. The van der Waals surface area contributed by atoms with Crippen LogP contribution in [0.15, 0.2) is 78.8 Å². The zero-order valence-electron chi connectivity index (χ0n) is 15.6.